The normalized spacial score (nSPS) is 33.5. The van der Waals surface area contributed by atoms with Crippen molar-refractivity contribution in [2.45, 2.75) is 135 Å². The van der Waals surface area contributed by atoms with Crippen LogP contribution in [-0.2, 0) is 44.7 Å². The zero-order valence-corrected chi connectivity index (χ0v) is 37.2. The summed E-state index contributed by atoms with van der Waals surface area (Å²) in [6.07, 6.45) is -0.466. The molecule has 3 saturated carbocycles. The molecule has 16 nitrogen and oxygen atoms in total. The highest BCUT2D eigenvalue weighted by molar-refractivity contribution is 6.01. The summed E-state index contributed by atoms with van der Waals surface area (Å²) in [6.45, 7) is 8.02. The average molecular weight is 900 g/mol. The van der Waals surface area contributed by atoms with Crippen LogP contribution in [0.4, 0.5) is 24.1 Å². The molecule has 1 saturated heterocycles. The Bertz CT molecular complexity index is 2020. The van der Waals surface area contributed by atoms with E-state index in [0.717, 1.165) is 6.08 Å². The van der Waals surface area contributed by atoms with E-state index in [1.807, 2.05) is 20.8 Å². The Hall–Kier alpha value is -4.62. The largest absolute Gasteiger partial charge is 0.445 e. The number of Topliss-reactive ketones (excluding diaryl/α,β-unsaturated/α-hetero) is 2. The van der Waals surface area contributed by atoms with Crippen molar-refractivity contribution in [2.75, 3.05) is 25.2 Å². The summed E-state index contributed by atoms with van der Waals surface area (Å²) in [6, 6.07) is 5.11. The predicted molar refractivity (Wildman–Crippen MR) is 228 cm³/mol. The van der Waals surface area contributed by atoms with Crippen LogP contribution in [0.2, 0.25) is 0 Å². The van der Waals surface area contributed by atoms with E-state index >= 15 is 8.78 Å². The van der Waals surface area contributed by atoms with Gasteiger partial charge in [-0.2, -0.15) is 0 Å². The number of alkyl halides is 2. The summed E-state index contributed by atoms with van der Waals surface area (Å²) in [7, 11) is 0. The Balaban J connectivity index is 1.03. The van der Waals surface area contributed by atoms with Crippen LogP contribution in [0.1, 0.15) is 91.5 Å². The highest BCUT2D eigenvalue weighted by atomic mass is 19.1. The van der Waals surface area contributed by atoms with E-state index in [0.29, 0.717) is 36.9 Å². The van der Waals surface area contributed by atoms with Gasteiger partial charge in [-0.05, 0) is 92.7 Å². The van der Waals surface area contributed by atoms with Crippen molar-refractivity contribution in [3.8, 4) is 0 Å². The van der Waals surface area contributed by atoms with Crippen LogP contribution in [0.15, 0.2) is 48.1 Å². The molecule has 5 aliphatic rings. The molecule has 8 N–H and O–H groups in total. The third-order valence-corrected chi connectivity index (χ3v) is 14.4. The predicted octanol–water partition coefficient (Wildman–Crippen LogP) is 4.61. The molecule has 64 heavy (non-hydrogen) atoms. The second-order valence-corrected chi connectivity index (χ2v) is 18.7. The minimum atomic E-state index is -2.34. The number of carbonyl (C=O) groups is 6. The van der Waals surface area contributed by atoms with Gasteiger partial charge in [0.15, 0.2) is 34.9 Å². The second-order valence-electron chi connectivity index (χ2n) is 18.7. The molecule has 352 valence electrons. The van der Waals surface area contributed by atoms with Gasteiger partial charge in [-0.1, -0.05) is 52.3 Å². The van der Waals surface area contributed by atoms with Gasteiger partial charge < -0.3 is 46.2 Å². The molecule has 12 atom stereocenters. The van der Waals surface area contributed by atoms with Crippen LogP contribution < -0.4 is 27.4 Å². The van der Waals surface area contributed by atoms with Gasteiger partial charge in [-0.15, -0.1) is 0 Å². The monoisotopic (exact) mass is 899 g/mol. The number of hydrogen-bond acceptors (Lipinski definition) is 12. The molecule has 1 aromatic carbocycles. The minimum Gasteiger partial charge on any atom is -0.445 e. The zero-order valence-electron chi connectivity index (χ0n) is 37.2. The quantitative estimate of drug-likeness (QED) is 0.0824. The maximum atomic E-state index is 17.8. The Morgan fingerprint density at radius 3 is 2.45 bits per heavy atom. The summed E-state index contributed by atoms with van der Waals surface area (Å²) in [5.74, 6) is -4.07. The van der Waals surface area contributed by atoms with Gasteiger partial charge in [0.05, 0.1) is 18.2 Å². The van der Waals surface area contributed by atoms with Crippen molar-refractivity contribution in [1.29, 1.82) is 0 Å². The lowest BCUT2D eigenvalue weighted by Gasteiger charge is -2.63. The lowest BCUT2D eigenvalue weighted by molar-refractivity contribution is -0.235. The number of urea groups is 1. The molecule has 1 heterocycles. The number of carbonyl (C=O) groups excluding carboxylic acids is 6. The first-order valence-corrected chi connectivity index (χ1v) is 22.2. The third-order valence-electron chi connectivity index (χ3n) is 14.4. The van der Waals surface area contributed by atoms with E-state index in [9.17, 15) is 33.9 Å². The smallest absolute Gasteiger partial charge is 0.409 e. The number of halogens is 2. The topological polar surface area (TPSA) is 248 Å². The number of hydrogen-bond donors (Lipinski definition) is 6. The molecule has 18 heteroatoms. The van der Waals surface area contributed by atoms with Crippen molar-refractivity contribution < 1.29 is 61.6 Å². The molecule has 6 rings (SSSR count). The number of alkyl carbamates (subject to hydrolysis) is 1. The number of allylic oxidation sites excluding steroid dienone is 4. The van der Waals surface area contributed by atoms with Crippen molar-refractivity contribution in [3.05, 3.63) is 53.6 Å². The summed E-state index contributed by atoms with van der Waals surface area (Å²) in [4.78, 5) is 76.4. The number of nitrogens with two attached hydrogens (primary N) is 2. The van der Waals surface area contributed by atoms with Gasteiger partial charge in [-0.25, -0.2) is 18.4 Å². The molecule has 4 fully saturated rings. The van der Waals surface area contributed by atoms with Crippen LogP contribution in [0.5, 0.6) is 0 Å². The molecule has 0 radical (unpaired) electrons. The molecule has 4 amide bonds. The number of benzene rings is 1. The number of nitrogens with one attached hydrogen (secondary N) is 3. The van der Waals surface area contributed by atoms with Gasteiger partial charge in [0, 0.05) is 41.3 Å². The highest BCUT2D eigenvalue weighted by Crippen LogP contribution is 2.72. The number of rotatable bonds is 19. The standard InChI is InChI=1S/C46H63F2N5O11/c1-6-8-38-63-37-20-30-31-19-33(47)32-18-29(54)14-15-43(32,4)45(31,48)35(56)21-44(30,5)46(37,64-38)36(57)23-61-24-52-42(60)62-22-26-10-12-28(13-11-26)53-40(58)27(9-7-16-51-41(50)59)17-34(55)39(49)25(2)3/h10-15,18,25,27,30-31,33,35,37-39,56H,6-9,16-17,19-24,49H2,1-5H3,(H,52,60)(H,53,58)(H3,50,51,59)/t27-,30+,31+,33+,35+,37?,38?,39+,43+,44+,45+,46-/m1/s1. The van der Waals surface area contributed by atoms with E-state index in [1.54, 1.807) is 31.2 Å². The van der Waals surface area contributed by atoms with Crippen LogP contribution >= 0.6 is 0 Å². The van der Waals surface area contributed by atoms with Crippen molar-refractivity contribution in [2.24, 2.45) is 46.0 Å². The van der Waals surface area contributed by atoms with Gasteiger partial charge in [0.25, 0.3) is 0 Å². The van der Waals surface area contributed by atoms with Gasteiger partial charge in [-0.3, -0.25) is 24.5 Å². The first-order valence-electron chi connectivity index (χ1n) is 22.2. The molecule has 2 unspecified atom stereocenters. The van der Waals surface area contributed by atoms with Crippen LogP contribution in [0, 0.1) is 34.5 Å². The molecule has 0 spiro atoms. The molecule has 1 aromatic rings. The van der Waals surface area contributed by atoms with Crippen LogP contribution in [-0.4, -0.2) is 102 Å². The fourth-order valence-corrected chi connectivity index (χ4v) is 11.0. The fraction of sp³-hybridized carbons (Fsp3) is 0.652. The van der Waals surface area contributed by atoms with Gasteiger partial charge in [0.2, 0.25) is 5.91 Å². The van der Waals surface area contributed by atoms with E-state index in [4.69, 9.17) is 30.4 Å². The minimum absolute atomic E-state index is 0.00763. The molecule has 0 aromatic heterocycles. The molecule has 4 aliphatic carbocycles. The second kappa shape index (κ2) is 19.5. The van der Waals surface area contributed by atoms with Crippen molar-refractivity contribution in [1.82, 2.24) is 10.6 Å². The van der Waals surface area contributed by atoms with Crippen LogP contribution in [0.25, 0.3) is 0 Å². The summed E-state index contributed by atoms with van der Waals surface area (Å²) in [5.41, 5.74) is 5.43. The van der Waals surface area contributed by atoms with Gasteiger partial charge >= 0.3 is 12.1 Å². The number of ketones is 3. The Kier molecular flexibility index (Phi) is 14.8. The number of ether oxygens (including phenoxy) is 4. The SMILES string of the molecule is CCCC1OC2C[C@H]3[C@@H]4C[C@H](F)C5=CC(=O)C=C[C@]5(C)[C@@]4(F)[C@@H](O)C[C@]3(C)[C@]2(C(=O)COCNC(=O)OCc2ccc(NC(=O)[C@H](CCCNC(N)=O)CC(=O)[C@@H](N)C(C)C)cc2)O1. The lowest BCUT2D eigenvalue weighted by atomic mass is 9.44. The first kappa shape index (κ1) is 48.8. The van der Waals surface area contributed by atoms with Crippen LogP contribution in [0.3, 0.4) is 0 Å². The van der Waals surface area contributed by atoms with Crippen molar-refractivity contribution in [3.63, 3.8) is 0 Å². The van der Waals surface area contributed by atoms with E-state index < -0.39 is 114 Å². The molecule has 0 bridgehead atoms. The molecular weight excluding hydrogens is 837 g/mol. The lowest BCUT2D eigenvalue weighted by Crippen LogP contribution is -2.71. The Morgan fingerprint density at radius 2 is 1.78 bits per heavy atom. The third kappa shape index (κ3) is 9.13. The van der Waals surface area contributed by atoms with E-state index in [1.165, 1.54) is 19.1 Å². The maximum absolute atomic E-state index is 17.8. The number of amides is 4. The Labute approximate surface area is 371 Å². The summed E-state index contributed by atoms with van der Waals surface area (Å²) < 4.78 is 57.6. The number of primary amides is 1. The van der Waals surface area contributed by atoms with Gasteiger partial charge in [0.1, 0.15) is 26.1 Å². The number of aliphatic hydroxyl groups is 1. The zero-order chi connectivity index (χ0) is 46.8. The summed E-state index contributed by atoms with van der Waals surface area (Å²) in [5, 5.41) is 19.5. The highest BCUT2D eigenvalue weighted by Gasteiger charge is 2.80. The summed E-state index contributed by atoms with van der Waals surface area (Å²) >= 11 is 0. The number of aliphatic hydroxyl groups excluding tert-OH is 1. The molecular formula is C46H63F2N5O11. The molecule has 1 aliphatic heterocycles. The first-order chi connectivity index (χ1) is 30.2. The fourth-order valence-electron chi connectivity index (χ4n) is 11.0. The number of fused-ring (bicyclic) bond motifs is 7. The van der Waals surface area contributed by atoms with E-state index in [2.05, 4.69) is 16.0 Å². The average Bonchev–Trinajstić information content (AvgIpc) is 3.73. The van der Waals surface area contributed by atoms with E-state index in [-0.39, 0.29) is 56.1 Å². The Morgan fingerprint density at radius 1 is 1.06 bits per heavy atom. The van der Waals surface area contributed by atoms with Crippen molar-refractivity contribution >= 4 is 41.1 Å². The maximum Gasteiger partial charge on any atom is 0.409 e. The number of anilines is 1.